The summed E-state index contributed by atoms with van der Waals surface area (Å²) in [5, 5.41) is 14.0. The number of nitrogens with two attached hydrogens (primary N) is 1. The lowest BCUT2D eigenvalue weighted by atomic mass is 10.1. The van der Waals surface area contributed by atoms with Gasteiger partial charge in [0.1, 0.15) is 5.82 Å². The zero-order valence-corrected chi connectivity index (χ0v) is 13.3. The molecule has 1 amide bonds. The number of hydrogen-bond acceptors (Lipinski definition) is 5. The van der Waals surface area contributed by atoms with E-state index in [2.05, 4.69) is 20.8 Å². The Morgan fingerprint density at radius 1 is 1.33 bits per heavy atom. The molecule has 2 aromatic carbocycles. The number of tetrazole rings is 1. The number of nitrogens with one attached hydrogen (secondary N) is 1. The summed E-state index contributed by atoms with van der Waals surface area (Å²) in [6.45, 7) is 1.75. The Labute approximate surface area is 141 Å². The van der Waals surface area contributed by atoms with Gasteiger partial charge in [0.05, 0.1) is 16.9 Å². The Morgan fingerprint density at radius 2 is 2.12 bits per heavy atom. The summed E-state index contributed by atoms with van der Waals surface area (Å²) in [4.78, 5) is 12.3. The topological polar surface area (TPSA) is 98.7 Å². The predicted octanol–water partition coefficient (Wildman–Crippen LogP) is 2.60. The third-order valence-corrected chi connectivity index (χ3v) is 3.53. The molecule has 0 radical (unpaired) electrons. The fraction of sp³-hybridized carbons (Fsp3) is 0.0667. The largest absolute Gasteiger partial charge is 0.396 e. The number of aryl methyl sites for hydroxylation is 1. The average molecular weight is 347 g/mol. The third-order valence-electron chi connectivity index (χ3n) is 3.31. The molecule has 0 aliphatic carbocycles. The lowest BCUT2D eigenvalue weighted by molar-refractivity contribution is 0.102. The predicted molar refractivity (Wildman–Crippen MR) is 87.7 cm³/mol. The van der Waals surface area contributed by atoms with Gasteiger partial charge >= 0.3 is 0 Å². The molecule has 3 N–H and O–H groups in total. The summed E-state index contributed by atoms with van der Waals surface area (Å²) in [5.41, 5.74) is 6.46. The number of anilines is 2. The van der Waals surface area contributed by atoms with Crippen molar-refractivity contribution in [3.8, 4) is 5.69 Å². The second-order valence-electron chi connectivity index (χ2n) is 4.99. The van der Waals surface area contributed by atoms with Gasteiger partial charge in [-0.05, 0) is 47.7 Å². The zero-order valence-electron chi connectivity index (χ0n) is 12.5. The quantitative estimate of drug-likeness (QED) is 0.710. The van der Waals surface area contributed by atoms with E-state index in [9.17, 15) is 9.18 Å². The smallest absolute Gasteiger partial charge is 0.257 e. The minimum Gasteiger partial charge on any atom is -0.396 e. The number of benzene rings is 2. The number of nitrogens with zero attached hydrogens (tertiary/aromatic N) is 4. The van der Waals surface area contributed by atoms with Crippen LogP contribution in [0.25, 0.3) is 5.69 Å². The molecule has 0 saturated heterocycles. The Balaban J connectivity index is 1.90. The Morgan fingerprint density at radius 3 is 2.83 bits per heavy atom. The second kappa shape index (κ2) is 6.25. The SMILES string of the molecule is Cc1nnnn1-c1cccc(NC(=O)c2cc(Cl)cc(F)c2N)c1. The van der Waals surface area contributed by atoms with Crippen molar-refractivity contribution in [2.45, 2.75) is 6.92 Å². The molecular formula is C15H12ClFN6O. The van der Waals surface area contributed by atoms with E-state index in [4.69, 9.17) is 17.3 Å². The van der Waals surface area contributed by atoms with Gasteiger partial charge in [0.15, 0.2) is 5.82 Å². The zero-order chi connectivity index (χ0) is 17.3. The van der Waals surface area contributed by atoms with Crippen LogP contribution in [0.1, 0.15) is 16.2 Å². The second-order valence-corrected chi connectivity index (χ2v) is 5.43. The number of aromatic nitrogens is 4. The molecule has 1 aromatic heterocycles. The number of hydrogen-bond donors (Lipinski definition) is 2. The minimum absolute atomic E-state index is 0.0380. The molecule has 3 rings (SSSR count). The van der Waals surface area contributed by atoms with Crippen LogP contribution in [0.5, 0.6) is 0 Å². The van der Waals surface area contributed by atoms with Gasteiger partial charge < -0.3 is 11.1 Å². The highest BCUT2D eigenvalue weighted by Crippen LogP contribution is 2.23. The van der Waals surface area contributed by atoms with Gasteiger partial charge in [0.2, 0.25) is 0 Å². The van der Waals surface area contributed by atoms with Crippen LogP contribution in [0.3, 0.4) is 0 Å². The van der Waals surface area contributed by atoms with E-state index in [1.807, 2.05) is 0 Å². The molecule has 0 bridgehead atoms. The van der Waals surface area contributed by atoms with Crippen molar-refractivity contribution in [2.24, 2.45) is 0 Å². The van der Waals surface area contributed by atoms with E-state index in [0.717, 1.165) is 6.07 Å². The lowest BCUT2D eigenvalue weighted by Gasteiger charge is -2.10. The molecule has 0 fully saturated rings. The lowest BCUT2D eigenvalue weighted by Crippen LogP contribution is -2.15. The van der Waals surface area contributed by atoms with Crippen molar-refractivity contribution in [1.82, 2.24) is 20.2 Å². The first kappa shape index (κ1) is 15.9. The van der Waals surface area contributed by atoms with Crippen molar-refractivity contribution in [3.05, 3.63) is 58.6 Å². The van der Waals surface area contributed by atoms with E-state index >= 15 is 0 Å². The van der Waals surface area contributed by atoms with Crippen LogP contribution in [0.15, 0.2) is 36.4 Å². The Kier molecular flexibility index (Phi) is 4.13. The molecule has 0 spiro atoms. The van der Waals surface area contributed by atoms with Gasteiger partial charge in [0.25, 0.3) is 5.91 Å². The van der Waals surface area contributed by atoms with Gasteiger partial charge in [-0.2, -0.15) is 4.68 Å². The number of carbonyl (C=O) groups is 1. The monoisotopic (exact) mass is 346 g/mol. The molecule has 7 nitrogen and oxygen atoms in total. The highest BCUT2D eigenvalue weighted by molar-refractivity contribution is 6.31. The van der Waals surface area contributed by atoms with Crippen molar-refractivity contribution in [2.75, 3.05) is 11.1 Å². The number of carbonyl (C=O) groups excluding carboxylic acids is 1. The Hall–Kier alpha value is -3.00. The molecule has 0 unspecified atom stereocenters. The maximum Gasteiger partial charge on any atom is 0.257 e. The number of rotatable bonds is 3. The minimum atomic E-state index is -0.745. The van der Waals surface area contributed by atoms with Gasteiger partial charge in [-0.25, -0.2) is 4.39 Å². The summed E-state index contributed by atoms with van der Waals surface area (Å²) in [6.07, 6.45) is 0. The van der Waals surface area contributed by atoms with Gasteiger partial charge in [-0.1, -0.05) is 17.7 Å². The molecule has 0 aliphatic rings. The summed E-state index contributed by atoms with van der Waals surface area (Å²) >= 11 is 5.78. The standard InChI is InChI=1S/C15H12ClFN6O/c1-8-20-21-22-23(8)11-4-2-3-10(7-11)19-15(24)12-5-9(16)6-13(17)14(12)18/h2-7H,18H2,1H3,(H,19,24). The van der Waals surface area contributed by atoms with Crippen molar-refractivity contribution >= 4 is 28.9 Å². The van der Waals surface area contributed by atoms with Crippen LogP contribution in [-0.2, 0) is 0 Å². The van der Waals surface area contributed by atoms with Crippen LogP contribution in [0.4, 0.5) is 15.8 Å². The molecule has 3 aromatic rings. The third kappa shape index (κ3) is 3.04. The first-order valence-electron chi connectivity index (χ1n) is 6.87. The van der Waals surface area contributed by atoms with E-state index in [-0.39, 0.29) is 16.3 Å². The highest BCUT2D eigenvalue weighted by atomic mass is 35.5. The molecule has 1 heterocycles. The van der Waals surface area contributed by atoms with Crippen LogP contribution < -0.4 is 11.1 Å². The summed E-state index contributed by atoms with van der Waals surface area (Å²) in [7, 11) is 0. The van der Waals surface area contributed by atoms with Crippen molar-refractivity contribution < 1.29 is 9.18 Å². The molecule has 9 heteroatoms. The maximum absolute atomic E-state index is 13.6. The van der Waals surface area contributed by atoms with Crippen molar-refractivity contribution in [3.63, 3.8) is 0 Å². The van der Waals surface area contributed by atoms with Gasteiger partial charge in [-0.3, -0.25) is 4.79 Å². The fourth-order valence-electron chi connectivity index (χ4n) is 2.16. The summed E-state index contributed by atoms with van der Waals surface area (Å²) in [6, 6.07) is 9.23. The average Bonchev–Trinajstić information content (AvgIpc) is 2.97. The molecule has 0 aliphatic heterocycles. The van der Waals surface area contributed by atoms with E-state index < -0.39 is 11.7 Å². The first-order chi connectivity index (χ1) is 11.5. The van der Waals surface area contributed by atoms with Crippen LogP contribution in [0, 0.1) is 12.7 Å². The van der Waals surface area contributed by atoms with Crippen LogP contribution >= 0.6 is 11.6 Å². The molecule has 0 saturated carbocycles. The molecule has 122 valence electrons. The fourth-order valence-corrected chi connectivity index (χ4v) is 2.36. The van der Waals surface area contributed by atoms with E-state index in [1.165, 1.54) is 10.7 Å². The van der Waals surface area contributed by atoms with Crippen molar-refractivity contribution in [1.29, 1.82) is 0 Å². The molecular weight excluding hydrogens is 335 g/mol. The number of nitrogen functional groups attached to an aromatic ring is 1. The normalized spacial score (nSPS) is 10.6. The van der Waals surface area contributed by atoms with Gasteiger partial charge in [-0.15, -0.1) is 5.10 Å². The van der Waals surface area contributed by atoms with E-state index in [0.29, 0.717) is 17.2 Å². The van der Waals surface area contributed by atoms with E-state index in [1.54, 1.807) is 31.2 Å². The molecule has 0 atom stereocenters. The van der Waals surface area contributed by atoms with Crippen LogP contribution in [-0.4, -0.2) is 26.1 Å². The summed E-state index contributed by atoms with van der Waals surface area (Å²) < 4.78 is 15.1. The summed E-state index contributed by atoms with van der Waals surface area (Å²) in [5.74, 6) is -0.718. The number of amides is 1. The first-order valence-corrected chi connectivity index (χ1v) is 7.25. The van der Waals surface area contributed by atoms with Gasteiger partial charge in [0, 0.05) is 10.7 Å². The number of halogens is 2. The van der Waals surface area contributed by atoms with Crippen LogP contribution in [0.2, 0.25) is 5.02 Å². The highest BCUT2D eigenvalue weighted by Gasteiger charge is 2.15. The maximum atomic E-state index is 13.6. The molecule has 24 heavy (non-hydrogen) atoms. The Bertz CT molecular complexity index is 926.